The second-order valence-electron chi connectivity index (χ2n) is 18.4. The highest BCUT2D eigenvalue weighted by Gasteiger charge is 2.36. The zero-order valence-electron chi connectivity index (χ0n) is 36.6. The van der Waals surface area contributed by atoms with Crippen LogP contribution in [0, 0.1) is 0 Å². The highest BCUT2D eigenvalue weighted by molar-refractivity contribution is 6.35. The van der Waals surface area contributed by atoms with Gasteiger partial charge in [0.25, 0.3) is 0 Å². The lowest BCUT2D eigenvalue weighted by atomic mass is 9.82. The van der Waals surface area contributed by atoms with Gasteiger partial charge >= 0.3 is 0 Å². The molecule has 13 aromatic rings. The molecule has 0 amide bonds. The molecule has 3 heteroatoms. The van der Waals surface area contributed by atoms with Gasteiger partial charge in [0.1, 0.15) is 11.2 Å². The van der Waals surface area contributed by atoms with Crippen LogP contribution in [0.5, 0.6) is 0 Å². The first-order valence-electron chi connectivity index (χ1n) is 22.9. The molecule has 0 bridgehead atoms. The topological polar surface area (TPSA) is 21.3 Å². The van der Waals surface area contributed by atoms with Gasteiger partial charge in [0.05, 0.1) is 11.0 Å². The molecule has 0 spiro atoms. The van der Waals surface area contributed by atoms with Crippen LogP contribution in [0.3, 0.4) is 0 Å². The number of para-hydroxylation sites is 2. The maximum absolute atomic E-state index is 6.58. The van der Waals surface area contributed by atoms with Crippen LogP contribution in [0.1, 0.15) is 25.0 Å². The van der Waals surface area contributed by atoms with E-state index in [0.717, 1.165) is 33.9 Å². The van der Waals surface area contributed by atoms with E-state index in [1.807, 2.05) is 0 Å². The number of anilines is 3. The smallest absolute Gasteiger partial charge is 0.136 e. The summed E-state index contributed by atoms with van der Waals surface area (Å²) in [4.78, 5) is 2.45. The van der Waals surface area contributed by atoms with Crippen LogP contribution < -0.4 is 4.90 Å². The summed E-state index contributed by atoms with van der Waals surface area (Å²) in [6.45, 7) is 4.73. The van der Waals surface area contributed by atoms with E-state index in [1.54, 1.807) is 0 Å². The minimum absolute atomic E-state index is 0.147. The third-order valence-corrected chi connectivity index (χ3v) is 14.5. The van der Waals surface area contributed by atoms with E-state index in [4.69, 9.17) is 4.42 Å². The molecular weight excluding hydrogens is 801 g/mol. The highest BCUT2D eigenvalue weighted by atomic mass is 16.3. The molecule has 0 atom stereocenters. The summed E-state index contributed by atoms with van der Waals surface area (Å²) in [6.07, 6.45) is 0. The van der Waals surface area contributed by atoms with E-state index < -0.39 is 0 Å². The summed E-state index contributed by atoms with van der Waals surface area (Å²) in [5.41, 5.74) is 18.7. The van der Waals surface area contributed by atoms with Gasteiger partial charge in [-0.1, -0.05) is 153 Å². The zero-order valence-corrected chi connectivity index (χ0v) is 36.6. The molecule has 1 aliphatic carbocycles. The molecular formula is C63H42N2O. The first-order chi connectivity index (χ1) is 32.5. The lowest BCUT2D eigenvalue weighted by Crippen LogP contribution is -2.16. The van der Waals surface area contributed by atoms with E-state index in [2.05, 4.69) is 242 Å². The first kappa shape index (κ1) is 37.0. The second kappa shape index (κ2) is 13.8. The second-order valence-corrected chi connectivity index (χ2v) is 18.4. The van der Waals surface area contributed by atoms with E-state index in [9.17, 15) is 0 Å². The van der Waals surface area contributed by atoms with Crippen molar-refractivity contribution in [2.45, 2.75) is 19.3 Å². The van der Waals surface area contributed by atoms with Gasteiger partial charge in [-0.3, -0.25) is 0 Å². The number of nitrogens with zero attached hydrogens (tertiary/aromatic N) is 2. The zero-order chi connectivity index (χ0) is 43.7. The molecule has 0 saturated carbocycles. The van der Waals surface area contributed by atoms with Gasteiger partial charge in [0.15, 0.2) is 0 Å². The van der Waals surface area contributed by atoms with Gasteiger partial charge in [-0.15, -0.1) is 0 Å². The molecule has 2 aromatic heterocycles. The van der Waals surface area contributed by atoms with Gasteiger partial charge in [-0.25, -0.2) is 0 Å². The molecule has 14 rings (SSSR count). The van der Waals surface area contributed by atoms with Crippen molar-refractivity contribution in [3.05, 3.63) is 230 Å². The predicted molar refractivity (Wildman–Crippen MR) is 277 cm³/mol. The fraction of sp³-hybridized carbons (Fsp3) is 0.0476. The third-order valence-electron chi connectivity index (χ3n) is 14.5. The summed E-state index contributed by atoms with van der Waals surface area (Å²) in [6, 6.07) is 80.2. The van der Waals surface area contributed by atoms with Crippen molar-refractivity contribution < 1.29 is 4.42 Å². The van der Waals surface area contributed by atoms with E-state index in [0.29, 0.717) is 0 Å². The normalized spacial score (nSPS) is 13.1. The summed E-state index contributed by atoms with van der Waals surface area (Å²) in [5, 5.41) is 9.72. The van der Waals surface area contributed by atoms with Crippen LogP contribution in [-0.4, -0.2) is 4.57 Å². The lowest BCUT2D eigenvalue weighted by Gasteiger charge is -2.29. The largest absolute Gasteiger partial charge is 0.456 e. The maximum Gasteiger partial charge on any atom is 0.136 e. The number of furan rings is 1. The molecule has 0 radical (unpaired) electrons. The van der Waals surface area contributed by atoms with Crippen LogP contribution in [0.2, 0.25) is 0 Å². The summed E-state index contributed by atoms with van der Waals surface area (Å²) < 4.78 is 8.96. The van der Waals surface area contributed by atoms with Crippen molar-refractivity contribution in [2.24, 2.45) is 0 Å². The Bertz CT molecular complexity index is 4060. The average Bonchev–Trinajstić information content (AvgIpc) is 4.00. The predicted octanol–water partition coefficient (Wildman–Crippen LogP) is 17.5. The molecule has 2 heterocycles. The molecule has 66 heavy (non-hydrogen) atoms. The van der Waals surface area contributed by atoms with Gasteiger partial charge in [0, 0.05) is 55.1 Å². The summed E-state index contributed by atoms with van der Waals surface area (Å²) >= 11 is 0. The Balaban J connectivity index is 0.970. The summed E-state index contributed by atoms with van der Waals surface area (Å²) in [5.74, 6) is 0. The molecule has 1 aliphatic rings. The molecule has 3 nitrogen and oxygen atoms in total. The van der Waals surface area contributed by atoms with Gasteiger partial charge < -0.3 is 13.9 Å². The molecule has 0 N–H and O–H groups in total. The van der Waals surface area contributed by atoms with Crippen LogP contribution in [-0.2, 0) is 5.41 Å². The van der Waals surface area contributed by atoms with Crippen LogP contribution in [0.4, 0.5) is 17.1 Å². The van der Waals surface area contributed by atoms with Gasteiger partial charge in [-0.05, 0) is 140 Å². The lowest BCUT2D eigenvalue weighted by molar-refractivity contribution is 0.660. The van der Waals surface area contributed by atoms with E-state index in [-0.39, 0.29) is 5.41 Å². The summed E-state index contributed by atoms with van der Waals surface area (Å²) in [7, 11) is 0. The Labute approximate surface area is 382 Å². The van der Waals surface area contributed by atoms with Crippen molar-refractivity contribution in [2.75, 3.05) is 4.90 Å². The Kier molecular flexibility index (Phi) is 7.74. The number of aromatic nitrogens is 1. The van der Waals surface area contributed by atoms with Crippen LogP contribution in [0.15, 0.2) is 223 Å². The Hall–Kier alpha value is -8.40. The molecule has 11 aromatic carbocycles. The minimum Gasteiger partial charge on any atom is -0.456 e. The molecule has 0 unspecified atom stereocenters. The number of fused-ring (bicyclic) bond motifs is 9. The average molecular weight is 843 g/mol. The molecule has 0 aliphatic heterocycles. The number of hydrogen-bond acceptors (Lipinski definition) is 2. The third kappa shape index (κ3) is 5.26. The Morgan fingerprint density at radius 3 is 1.88 bits per heavy atom. The van der Waals surface area contributed by atoms with Crippen molar-refractivity contribution >= 4 is 82.4 Å². The number of rotatable bonds is 6. The minimum atomic E-state index is -0.147. The fourth-order valence-corrected chi connectivity index (χ4v) is 11.5. The SMILES string of the molecule is CC1(C)c2ccccc2-c2ccc(N(c3ccc(-c4ccc5c(c4)c4ccccc4n5-c4ccccc4)cc3)c3ccc4c(c3)c3c(-c5ccccc5)ccc5oc6cccc4c6c53)cc21. The van der Waals surface area contributed by atoms with Crippen molar-refractivity contribution in [1.29, 1.82) is 0 Å². The number of hydrogen-bond donors (Lipinski definition) is 0. The van der Waals surface area contributed by atoms with Gasteiger partial charge in [-0.2, -0.15) is 0 Å². The monoisotopic (exact) mass is 842 g/mol. The Morgan fingerprint density at radius 2 is 1.02 bits per heavy atom. The standard InChI is InChI=1S/C63H42N2O/c1-63(2)54-21-11-9-18-48(54)49-32-30-45(38-55(49)63)64(43-27-24-39(25-28-43)41-26-34-57-52(36-41)50-19-10-12-22-56(50)65(57)42-16-7-4-8-17-42)44-29-31-47-51-20-13-23-58-61(51)62-59(66-58)35-33-46(60(62)53(47)37-44)40-14-5-3-6-15-40/h3-38H,1-2H3. The van der Waals surface area contributed by atoms with Gasteiger partial charge in [0.2, 0.25) is 0 Å². The first-order valence-corrected chi connectivity index (χ1v) is 22.9. The van der Waals surface area contributed by atoms with Crippen molar-refractivity contribution in [3.63, 3.8) is 0 Å². The van der Waals surface area contributed by atoms with Crippen molar-refractivity contribution in [1.82, 2.24) is 4.57 Å². The molecule has 310 valence electrons. The fourth-order valence-electron chi connectivity index (χ4n) is 11.5. The Morgan fingerprint density at radius 1 is 0.364 bits per heavy atom. The maximum atomic E-state index is 6.58. The van der Waals surface area contributed by atoms with Crippen LogP contribution >= 0.6 is 0 Å². The molecule has 0 fully saturated rings. The van der Waals surface area contributed by atoms with E-state index >= 15 is 0 Å². The van der Waals surface area contributed by atoms with Crippen molar-refractivity contribution in [3.8, 4) is 39.1 Å². The van der Waals surface area contributed by atoms with E-state index in [1.165, 1.54) is 98.6 Å². The number of benzene rings is 11. The highest BCUT2D eigenvalue weighted by Crippen LogP contribution is 2.52. The quantitative estimate of drug-likeness (QED) is 0.156. The van der Waals surface area contributed by atoms with Crippen LogP contribution in [0.25, 0.3) is 104 Å². The molecule has 0 saturated heterocycles.